The van der Waals surface area contributed by atoms with E-state index in [1.54, 1.807) is 48.5 Å². The SMILES string of the molecule is CC(O)Oc1ccc(C(=O)CC(=O)c2ccccc2)cc1. The van der Waals surface area contributed by atoms with E-state index in [-0.39, 0.29) is 18.0 Å². The summed E-state index contributed by atoms with van der Waals surface area (Å²) in [5, 5.41) is 9.10. The van der Waals surface area contributed by atoms with Crippen LogP contribution in [0.1, 0.15) is 34.1 Å². The molecule has 1 unspecified atom stereocenters. The summed E-state index contributed by atoms with van der Waals surface area (Å²) in [7, 11) is 0. The summed E-state index contributed by atoms with van der Waals surface area (Å²) in [6.45, 7) is 1.50. The van der Waals surface area contributed by atoms with Gasteiger partial charge in [-0.3, -0.25) is 9.59 Å². The molecule has 0 aliphatic rings. The van der Waals surface area contributed by atoms with Crippen LogP contribution in [0.15, 0.2) is 54.6 Å². The Morgan fingerprint density at radius 2 is 1.48 bits per heavy atom. The van der Waals surface area contributed by atoms with Crippen LogP contribution in [0.3, 0.4) is 0 Å². The first-order chi connectivity index (χ1) is 10.1. The van der Waals surface area contributed by atoms with Crippen molar-refractivity contribution in [2.75, 3.05) is 0 Å². The molecule has 2 aromatic carbocycles. The molecule has 0 saturated heterocycles. The number of Topliss-reactive ketones (excluding diaryl/α,β-unsaturated/α-hetero) is 2. The molecule has 108 valence electrons. The van der Waals surface area contributed by atoms with E-state index >= 15 is 0 Å². The number of aliphatic hydroxyl groups is 1. The number of carbonyl (C=O) groups excluding carboxylic acids is 2. The van der Waals surface area contributed by atoms with Crippen LogP contribution < -0.4 is 4.74 Å². The molecule has 0 spiro atoms. The Balaban J connectivity index is 2.02. The van der Waals surface area contributed by atoms with Gasteiger partial charge < -0.3 is 9.84 Å². The molecule has 21 heavy (non-hydrogen) atoms. The van der Waals surface area contributed by atoms with Crippen molar-refractivity contribution < 1.29 is 19.4 Å². The lowest BCUT2D eigenvalue weighted by Gasteiger charge is -2.08. The highest BCUT2D eigenvalue weighted by molar-refractivity contribution is 6.13. The molecule has 0 aromatic heterocycles. The predicted octanol–water partition coefficient (Wildman–Crippen LogP) is 2.86. The highest BCUT2D eigenvalue weighted by Gasteiger charge is 2.13. The third kappa shape index (κ3) is 4.26. The minimum absolute atomic E-state index is 0.166. The van der Waals surface area contributed by atoms with E-state index in [1.165, 1.54) is 6.92 Å². The molecular weight excluding hydrogens is 268 g/mol. The van der Waals surface area contributed by atoms with Crippen molar-refractivity contribution in [1.82, 2.24) is 0 Å². The monoisotopic (exact) mass is 284 g/mol. The van der Waals surface area contributed by atoms with Gasteiger partial charge in [-0.25, -0.2) is 0 Å². The molecule has 0 saturated carbocycles. The predicted molar refractivity (Wildman–Crippen MR) is 78.5 cm³/mol. The lowest BCUT2D eigenvalue weighted by molar-refractivity contribution is -0.000294. The maximum atomic E-state index is 12.1. The van der Waals surface area contributed by atoms with E-state index < -0.39 is 6.29 Å². The van der Waals surface area contributed by atoms with E-state index in [0.29, 0.717) is 16.9 Å². The Kier molecular flexibility index (Phi) is 4.85. The topological polar surface area (TPSA) is 63.6 Å². The van der Waals surface area contributed by atoms with Gasteiger partial charge in [0.25, 0.3) is 0 Å². The zero-order valence-electron chi connectivity index (χ0n) is 11.7. The number of ether oxygens (including phenoxy) is 1. The maximum Gasteiger partial charge on any atom is 0.194 e. The first-order valence-corrected chi connectivity index (χ1v) is 6.62. The summed E-state index contributed by atoms with van der Waals surface area (Å²) < 4.78 is 5.08. The second-order valence-electron chi connectivity index (χ2n) is 4.63. The number of ketones is 2. The fraction of sp³-hybridized carbons (Fsp3) is 0.176. The van der Waals surface area contributed by atoms with Crippen molar-refractivity contribution in [2.45, 2.75) is 19.6 Å². The fourth-order valence-corrected chi connectivity index (χ4v) is 1.89. The van der Waals surface area contributed by atoms with Crippen LogP contribution in [0.5, 0.6) is 5.75 Å². The quantitative estimate of drug-likeness (QED) is 0.503. The molecule has 0 radical (unpaired) electrons. The van der Waals surface area contributed by atoms with Gasteiger partial charge in [0.2, 0.25) is 0 Å². The minimum Gasteiger partial charge on any atom is -0.465 e. The van der Waals surface area contributed by atoms with Crippen molar-refractivity contribution in [3.8, 4) is 5.75 Å². The lowest BCUT2D eigenvalue weighted by atomic mass is 10.0. The maximum absolute atomic E-state index is 12.1. The third-order valence-corrected chi connectivity index (χ3v) is 2.90. The molecular formula is C17H16O4. The van der Waals surface area contributed by atoms with Gasteiger partial charge in [-0.2, -0.15) is 0 Å². The number of benzene rings is 2. The van der Waals surface area contributed by atoms with Crippen LogP contribution in [0.25, 0.3) is 0 Å². The van der Waals surface area contributed by atoms with Crippen LogP contribution in [0.2, 0.25) is 0 Å². The van der Waals surface area contributed by atoms with Gasteiger partial charge in [0, 0.05) is 11.1 Å². The summed E-state index contributed by atoms with van der Waals surface area (Å²) in [5.74, 6) is 0.0216. The summed E-state index contributed by atoms with van der Waals surface area (Å²) in [4.78, 5) is 24.0. The van der Waals surface area contributed by atoms with Crippen LogP contribution in [0.4, 0.5) is 0 Å². The molecule has 0 amide bonds. The Bertz CT molecular complexity index is 615. The second-order valence-corrected chi connectivity index (χ2v) is 4.63. The second kappa shape index (κ2) is 6.81. The van der Waals surface area contributed by atoms with Crippen LogP contribution in [0, 0.1) is 0 Å². The van der Waals surface area contributed by atoms with Crippen molar-refractivity contribution in [2.24, 2.45) is 0 Å². The van der Waals surface area contributed by atoms with Gasteiger partial charge in [-0.05, 0) is 31.2 Å². The van der Waals surface area contributed by atoms with Gasteiger partial charge in [-0.1, -0.05) is 30.3 Å². The molecule has 0 fully saturated rings. The Labute approximate surface area is 123 Å². The smallest absolute Gasteiger partial charge is 0.194 e. The summed E-state index contributed by atoms with van der Waals surface area (Å²) in [6.07, 6.45) is -1.08. The molecule has 1 N–H and O–H groups in total. The van der Waals surface area contributed by atoms with Gasteiger partial charge >= 0.3 is 0 Å². The van der Waals surface area contributed by atoms with Crippen LogP contribution >= 0.6 is 0 Å². The molecule has 0 aliphatic heterocycles. The first kappa shape index (κ1) is 14.9. The summed E-state index contributed by atoms with van der Waals surface area (Å²) >= 11 is 0. The number of aliphatic hydroxyl groups excluding tert-OH is 1. The number of carbonyl (C=O) groups is 2. The number of rotatable bonds is 6. The third-order valence-electron chi connectivity index (χ3n) is 2.90. The van der Waals surface area contributed by atoms with Crippen LogP contribution in [-0.2, 0) is 0 Å². The molecule has 4 nitrogen and oxygen atoms in total. The van der Waals surface area contributed by atoms with E-state index in [2.05, 4.69) is 0 Å². The molecule has 4 heteroatoms. The van der Waals surface area contributed by atoms with Crippen LogP contribution in [-0.4, -0.2) is 23.0 Å². The van der Waals surface area contributed by atoms with Gasteiger partial charge in [-0.15, -0.1) is 0 Å². The number of hydrogen-bond acceptors (Lipinski definition) is 4. The standard InChI is InChI=1S/C17H16O4/c1-12(18)21-15-9-7-14(8-10-15)17(20)11-16(19)13-5-3-2-4-6-13/h2-10,12,18H,11H2,1H3. The van der Waals surface area contributed by atoms with Crippen molar-refractivity contribution >= 4 is 11.6 Å². The molecule has 2 rings (SSSR count). The molecule has 1 atom stereocenters. The summed E-state index contributed by atoms with van der Waals surface area (Å²) in [5.41, 5.74) is 0.970. The minimum atomic E-state index is -0.911. The highest BCUT2D eigenvalue weighted by atomic mass is 16.6. The Morgan fingerprint density at radius 1 is 0.952 bits per heavy atom. The lowest BCUT2D eigenvalue weighted by Crippen LogP contribution is -2.10. The highest BCUT2D eigenvalue weighted by Crippen LogP contribution is 2.15. The average molecular weight is 284 g/mol. The first-order valence-electron chi connectivity index (χ1n) is 6.62. The average Bonchev–Trinajstić information content (AvgIpc) is 2.48. The Morgan fingerprint density at radius 3 is 2.00 bits per heavy atom. The van der Waals surface area contributed by atoms with Crippen molar-refractivity contribution in [3.05, 3.63) is 65.7 Å². The van der Waals surface area contributed by atoms with E-state index in [4.69, 9.17) is 9.84 Å². The molecule has 2 aromatic rings. The van der Waals surface area contributed by atoms with E-state index in [9.17, 15) is 9.59 Å². The number of hydrogen-bond donors (Lipinski definition) is 1. The molecule has 0 bridgehead atoms. The van der Waals surface area contributed by atoms with E-state index in [1.807, 2.05) is 6.07 Å². The van der Waals surface area contributed by atoms with Gasteiger partial charge in [0.1, 0.15) is 5.75 Å². The summed E-state index contributed by atoms with van der Waals surface area (Å²) in [6, 6.07) is 15.1. The molecule has 0 heterocycles. The van der Waals surface area contributed by atoms with Crippen molar-refractivity contribution in [1.29, 1.82) is 0 Å². The zero-order valence-corrected chi connectivity index (χ0v) is 11.7. The largest absolute Gasteiger partial charge is 0.465 e. The normalized spacial score (nSPS) is 11.7. The zero-order chi connectivity index (χ0) is 15.2. The van der Waals surface area contributed by atoms with Crippen molar-refractivity contribution in [3.63, 3.8) is 0 Å². The molecule has 0 aliphatic carbocycles. The Hall–Kier alpha value is -2.46. The van der Waals surface area contributed by atoms with Gasteiger partial charge in [0.15, 0.2) is 17.9 Å². The fourth-order valence-electron chi connectivity index (χ4n) is 1.89. The van der Waals surface area contributed by atoms with Gasteiger partial charge in [0.05, 0.1) is 6.42 Å². The van der Waals surface area contributed by atoms with E-state index in [0.717, 1.165) is 0 Å².